The molecule has 4 unspecified atom stereocenters. The SMILES string of the molecule is CC1CCCC(NC(=O)CN2CCCC2CC(=O)O)C1C. The fourth-order valence-electron chi connectivity index (χ4n) is 3.76. The maximum Gasteiger partial charge on any atom is 0.304 e. The summed E-state index contributed by atoms with van der Waals surface area (Å²) in [4.78, 5) is 25.1. The summed E-state index contributed by atoms with van der Waals surface area (Å²) in [5.74, 6) is 0.465. The molecule has 1 amide bonds. The van der Waals surface area contributed by atoms with Crippen LogP contribution in [0.4, 0.5) is 0 Å². The van der Waals surface area contributed by atoms with Crippen LogP contribution in [0.1, 0.15) is 52.4 Å². The minimum absolute atomic E-state index is 0.0240. The number of hydrogen-bond donors (Lipinski definition) is 2. The number of carbonyl (C=O) groups excluding carboxylic acids is 1. The van der Waals surface area contributed by atoms with Gasteiger partial charge in [-0.3, -0.25) is 14.5 Å². The van der Waals surface area contributed by atoms with Gasteiger partial charge in [0, 0.05) is 12.1 Å². The molecule has 0 radical (unpaired) electrons. The summed E-state index contributed by atoms with van der Waals surface area (Å²) >= 11 is 0. The second-order valence-corrected chi connectivity index (χ2v) is 6.81. The van der Waals surface area contributed by atoms with E-state index in [0.717, 1.165) is 25.8 Å². The van der Waals surface area contributed by atoms with Crippen molar-refractivity contribution in [3.63, 3.8) is 0 Å². The summed E-state index contributed by atoms with van der Waals surface area (Å²) in [5.41, 5.74) is 0. The van der Waals surface area contributed by atoms with E-state index in [9.17, 15) is 9.59 Å². The van der Waals surface area contributed by atoms with Crippen LogP contribution >= 0.6 is 0 Å². The molecule has 0 bridgehead atoms. The van der Waals surface area contributed by atoms with Crippen molar-refractivity contribution in [3.05, 3.63) is 0 Å². The molecule has 5 heteroatoms. The van der Waals surface area contributed by atoms with Gasteiger partial charge in [-0.2, -0.15) is 0 Å². The smallest absolute Gasteiger partial charge is 0.304 e. The summed E-state index contributed by atoms with van der Waals surface area (Å²) in [6.45, 7) is 5.65. The second kappa shape index (κ2) is 7.25. The van der Waals surface area contributed by atoms with Gasteiger partial charge in [0.2, 0.25) is 5.91 Å². The van der Waals surface area contributed by atoms with Gasteiger partial charge in [-0.1, -0.05) is 26.7 Å². The van der Waals surface area contributed by atoms with Crippen molar-refractivity contribution in [2.45, 2.75) is 64.5 Å². The van der Waals surface area contributed by atoms with Gasteiger partial charge in [-0.15, -0.1) is 0 Å². The molecule has 21 heavy (non-hydrogen) atoms. The lowest BCUT2D eigenvalue weighted by Crippen LogP contribution is -2.48. The highest BCUT2D eigenvalue weighted by molar-refractivity contribution is 5.78. The number of nitrogens with one attached hydrogen (secondary N) is 1. The number of carbonyl (C=O) groups is 2. The molecule has 1 heterocycles. The van der Waals surface area contributed by atoms with Gasteiger partial charge in [0.15, 0.2) is 0 Å². The molecule has 4 atom stereocenters. The standard InChI is InChI=1S/C16H28N2O3/c1-11-5-3-7-14(12(11)2)17-15(19)10-18-8-4-6-13(18)9-16(20)21/h11-14H,3-10H2,1-2H3,(H,17,19)(H,20,21). The van der Waals surface area contributed by atoms with E-state index >= 15 is 0 Å². The van der Waals surface area contributed by atoms with Crippen molar-refractivity contribution < 1.29 is 14.7 Å². The second-order valence-electron chi connectivity index (χ2n) is 6.81. The normalized spacial score (nSPS) is 33.8. The van der Waals surface area contributed by atoms with Gasteiger partial charge in [0.25, 0.3) is 0 Å². The number of aliphatic carboxylic acids is 1. The first-order chi connectivity index (χ1) is 9.97. The molecule has 5 nitrogen and oxygen atoms in total. The van der Waals surface area contributed by atoms with Crippen LogP contribution in [0.2, 0.25) is 0 Å². The zero-order valence-electron chi connectivity index (χ0n) is 13.2. The Labute approximate surface area is 127 Å². The fourth-order valence-corrected chi connectivity index (χ4v) is 3.76. The van der Waals surface area contributed by atoms with Gasteiger partial charge in [0.1, 0.15) is 0 Å². The number of rotatable bonds is 5. The lowest BCUT2D eigenvalue weighted by Gasteiger charge is -2.35. The van der Waals surface area contributed by atoms with E-state index in [4.69, 9.17) is 5.11 Å². The van der Waals surface area contributed by atoms with Crippen LogP contribution in [0.15, 0.2) is 0 Å². The zero-order valence-corrected chi connectivity index (χ0v) is 13.2. The monoisotopic (exact) mass is 296 g/mol. The van der Waals surface area contributed by atoms with Crippen molar-refractivity contribution in [2.75, 3.05) is 13.1 Å². The van der Waals surface area contributed by atoms with Crippen molar-refractivity contribution in [1.82, 2.24) is 10.2 Å². The molecule has 0 aromatic carbocycles. The number of hydrogen-bond acceptors (Lipinski definition) is 3. The van der Waals surface area contributed by atoms with Crippen LogP contribution in [0.5, 0.6) is 0 Å². The van der Waals surface area contributed by atoms with Crippen molar-refractivity contribution in [3.8, 4) is 0 Å². The Morgan fingerprint density at radius 3 is 2.67 bits per heavy atom. The predicted molar refractivity (Wildman–Crippen MR) is 81.0 cm³/mol. The largest absolute Gasteiger partial charge is 0.481 e. The van der Waals surface area contributed by atoms with Gasteiger partial charge < -0.3 is 10.4 Å². The Bertz CT molecular complexity index is 386. The van der Waals surface area contributed by atoms with E-state index in [-0.39, 0.29) is 24.4 Å². The zero-order chi connectivity index (χ0) is 15.4. The van der Waals surface area contributed by atoms with Crippen LogP contribution in [0.3, 0.4) is 0 Å². The Kier molecular flexibility index (Phi) is 5.62. The maximum absolute atomic E-state index is 12.3. The fraction of sp³-hybridized carbons (Fsp3) is 0.875. The van der Waals surface area contributed by atoms with E-state index in [1.54, 1.807) is 0 Å². The van der Waals surface area contributed by atoms with Gasteiger partial charge in [-0.05, 0) is 37.6 Å². The lowest BCUT2D eigenvalue weighted by molar-refractivity contribution is -0.138. The van der Waals surface area contributed by atoms with Crippen molar-refractivity contribution in [2.24, 2.45) is 11.8 Å². The lowest BCUT2D eigenvalue weighted by atomic mass is 9.78. The molecule has 120 valence electrons. The third-order valence-electron chi connectivity index (χ3n) is 5.31. The molecule has 1 saturated heterocycles. The first-order valence-corrected chi connectivity index (χ1v) is 8.22. The quantitative estimate of drug-likeness (QED) is 0.812. The molecule has 0 aromatic heterocycles. The molecule has 2 aliphatic rings. The summed E-state index contributed by atoms with van der Waals surface area (Å²) in [7, 11) is 0. The minimum Gasteiger partial charge on any atom is -0.481 e. The van der Waals surface area contributed by atoms with Crippen LogP contribution in [0, 0.1) is 11.8 Å². The third-order valence-corrected chi connectivity index (χ3v) is 5.31. The summed E-state index contributed by atoms with van der Waals surface area (Å²) < 4.78 is 0. The topological polar surface area (TPSA) is 69.6 Å². The molecule has 0 aromatic rings. The highest BCUT2D eigenvalue weighted by Crippen LogP contribution is 2.29. The molecular weight excluding hydrogens is 268 g/mol. The van der Waals surface area contributed by atoms with E-state index in [0.29, 0.717) is 18.4 Å². The average Bonchev–Trinajstić information content (AvgIpc) is 2.81. The van der Waals surface area contributed by atoms with Crippen LogP contribution in [-0.4, -0.2) is 47.1 Å². The van der Waals surface area contributed by atoms with Crippen LogP contribution < -0.4 is 5.32 Å². The molecule has 2 N–H and O–H groups in total. The molecule has 1 aliphatic carbocycles. The number of nitrogens with zero attached hydrogens (tertiary/aromatic N) is 1. The third kappa shape index (κ3) is 4.43. The Morgan fingerprint density at radius 1 is 1.19 bits per heavy atom. The summed E-state index contributed by atoms with van der Waals surface area (Å²) in [5, 5.41) is 12.1. The molecule has 2 rings (SSSR count). The number of amides is 1. The molecule has 1 saturated carbocycles. The van der Waals surface area contributed by atoms with E-state index in [1.165, 1.54) is 12.8 Å². The van der Waals surface area contributed by atoms with Crippen LogP contribution in [-0.2, 0) is 9.59 Å². The van der Waals surface area contributed by atoms with Gasteiger partial charge >= 0.3 is 5.97 Å². The van der Waals surface area contributed by atoms with Crippen molar-refractivity contribution in [1.29, 1.82) is 0 Å². The average molecular weight is 296 g/mol. The first kappa shape index (κ1) is 16.3. The highest BCUT2D eigenvalue weighted by atomic mass is 16.4. The van der Waals surface area contributed by atoms with Crippen LogP contribution in [0.25, 0.3) is 0 Å². The molecule has 1 aliphatic heterocycles. The van der Waals surface area contributed by atoms with Gasteiger partial charge in [-0.25, -0.2) is 0 Å². The van der Waals surface area contributed by atoms with Gasteiger partial charge in [0.05, 0.1) is 13.0 Å². The number of carboxylic acid groups (broad SMARTS) is 1. The minimum atomic E-state index is -0.776. The maximum atomic E-state index is 12.3. The first-order valence-electron chi connectivity index (χ1n) is 8.22. The number of likely N-dealkylation sites (tertiary alicyclic amines) is 1. The molecule has 2 fully saturated rings. The Balaban J connectivity index is 1.82. The highest BCUT2D eigenvalue weighted by Gasteiger charge is 2.31. The van der Waals surface area contributed by atoms with E-state index < -0.39 is 5.97 Å². The Hall–Kier alpha value is -1.10. The predicted octanol–water partition coefficient (Wildman–Crippen LogP) is 1.87. The van der Waals surface area contributed by atoms with Crippen molar-refractivity contribution >= 4 is 11.9 Å². The molecular formula is C16H28N2O3. The Morgan fingerprint density at radius 2 is 1.95 bits per heavy atom. The molecule has 0 spiro atoms. The summed E-state index contributed by atoms with van der Waals surface area (Å²) in [6, 6.07) is 0.303. The van der Waals surface area contributed by atoms with E-state index in [1.807, 2.05) is 4.90 Å². The number of carboxylic acids is 1. The van der Waals surface area contributed by atoms with E-state index in [2.05, 4.69) is 19.2 Å². The summed E-state index contributed by atoms with van der Waals surface area (Å²) in [6.07, 6.45) is 5.51.